The lowest BCUT2D eigenvalue weighted by Gasteiger charge is -2.10. The highest BCUT2D eigenvalue weighted by Gasteiger charge is 2.23. The Hall–Kier alpha value is -0.820. The number of rotatable bonds is 5. The zero-order valence-corrected chi connectivity index (χ0v) is 9.79. The molecule has 0 radical (unpaired) electrons. The van der Waals surface area contributed by atoms with E-state index < -0.39 is 0 Å². The van der Waals surface area contributed by atoms with Gasteiger partial charge in [-0.05, 0) is 56.7 Å². The van der Waals surface area contributed by atoms with Crippen LogP contribution in [-0.2, 0) is 6.42 Å². The first-order valence-electron chi connectivity index (χ1n) is 6.05. The van der Waals surface area contributed by atoms with Crippen LogP contribution in [0.5, 0.6) is 0 Å². The SMILES string of the molecule is CNC(C)CCc1cccc(C2CC2)c1. The van der Waals surface area contributed by atoms with Crippen molar-refractivity contribution in [3.63, 3.8) is 0 Å². The second-order valence-corrected chi connectivity index (χ2v) is 4.75. The number of hydrogen-bond donors (Lipinski definition) is 1. The van der Waals surface area contributed by atoms with Gasteiger partial charge in [0.25, 0.3) is 0 Å². The van der Waals surface area contributed by atoms with Crippen LogP contribution in [-0.4, -0.2) is 13.1 Å². The van der Waals surface area contributed by atoms with E-state index in [4.69, 9.17) is 0 Å². The Morgan fingerprint density at radius 3 is 2.87 bits per heavy atom. The van der Waals surface area contributed by atoms with Crippen molar-refractivity contribution < 1.29 is 0 Å². The molecule has 2 rings (SSSR count). The van der Waals surface area contributed by atoms with Gasteiger partial charge in [0.15, 0.2) is 0 Å². The first kappa shape index (κ1) is 10.7. The molecule has 82 valence electrons. The summed E-state index contributed by atoms with van der Waals surface area (Å²) in [5.74, 6) is 0.881. The Bertz CT molecular complexity index is 315. The Labute approximate surface area is 92.9 Å². The fourth-order valence-corrected chi connectivity index (χ4v) is 1.95. The van der Waals surface area contributed by atoms with Crippen molar-refractivity contribution in [1.29, 1.82) is 0 Å². The van der Waals surface area contributed by atoms with Crippen LogP contribution >= 0.6 is 0 Å². The Morgan fingerprint density at radius 1 is 1.40 bits per heavy atom. The van der Waals surface area contributed by atoms with Gasteiger partial charge < -0.3 is 5.32 Å². The molecule has 1 unspecified atom stereocenters. The lowest BCUT2D eigenvalue weighted by Crippen LogP contribution is -2.21. The summed E-state index contributed by atoms with van der Waals surface area (Å²) in [7, 11) is 2.03. The molecular formula is C14H21N. The Kier molecular flexibility index (Phi) is 3.42. The first-order chi connectivity index (χ1) is 7.29. The van der Waals surface area contributed by atoms with Crippen molar-refractivity contribution in [3.8, 4) is 0 Å². The molecule has 0 spiro atoms. The summed E-state index contributed by atoms with van der Waals surface area (Å²) in [6.07, 6.45) is 5.22. The maximum Gasteiger partial charge on any atom is 0.00388 e. The quantitative estimate of drug-likeness (QED) is 0.775. The predicted molar refractivity (Wildman–Crippen MR) is 65.3 cm³/mol. The average Bonchev–Trinajstić information content (AvgIpc) is 3.10. The third-order valence-electron chi connectivity index (χ3n) is 3.36. The van der Waals surface area contributed by atoms with Crippen LogP contribution in [0.25, 0.3) is 0 Å². The van der Waals surface area contributed by atoms with Gasteiger partial charge in [0.05, 0.1) is 0 Å². The molecule has 1 nitrogen and oxygen atoms in total. The summed E-state index contributed by atoms with van der Waals surface area (Å²) in [6.45, 7) is 2.24. The van der Waals surface area contributed by atoms with Gasteiger partial charge in [-0.25, -0.2) is 0 Å². The zero-order valence-electron chi connectivity index (χ0n) is 9.79. The van der Waals surface area contributed by atoms with E-state index in [2.05, 4.69) is 36.5 Å². The molecule has 1 aliphatic carbocycles. The van der Waals surface area contributed by atoms with E-state index in [9.17, 15) is 0 Å². The molecule has 0 aromatic heterocycles. The molecule has 1 saturated carbocycles. The first-order valence-corrected chi connectivity index (χ1v) is 6.05. The highest BCUT2D eigenvalue weighted by molar-refractivity contribution is 5.29. The van der Waals surface area contributed by atoms with Gasteiger partial charge in [-0.2, -0.15) is 0 Å². The van der Waals surface area contributed by atoms with Crippen molar-refractivity contribution in [3.05, 3.63) is 35.4 Å². The summed E-state index contributed by atoms with van der Waals surface area (Å²) >= 11 is 0. The summed E-state index contributed by atoms with van der Waals surface area (Å²) in [5, 5.41) is 3.28. The minimum atomic E-state index is 0.620. The third-order valence-corrected chi connectivity index (χ3v) is 3.36. The molecule has 1 N–H and O–H groups in total. The van der Waals surface area contributed by atoms with Crippen LogP contribution in [0.1, 0.15) is 43.2 Å². The monoisotopic (exact) mass is 203 g/mol. The van der Waals surface area contributed by atoms with E-state index in [1.807, 2.05) is 7.05 Å². The van der Waals surface area contributed by atoms with E-state index >= 15 is 0 Å². The second-order valence-electron chi connectivity index (χ2n) is 4.75. The maximum absolute atomic E-state index is 3.28. The molecule has 1 aromatic carbocycles. The summed E-state index contributed by atoms with van der Waals surface area (Å²) in [5.41, 5.74) is 3.06. The topological polar surface area (TPSA) is 12.0 Å². The molecule has 1 atom stereocenters. The van der Waals surface area contributed by atoms with Gasteiger partial charge in [-0.3, -0.25) is 0 Å². The molecule has 0 bridgehead atoms. The molecule has 0 aliphatic heterocycles. The summed E-state index contributed by atoms with van der Waals surface area (Å²) in [6, 6.07) is 9.78. The Balaban J connectivity index is 1.92. The highest BCUT2D eigenvalue weighted by Crippen LogP contribution is 2.40. The van der Waals surface area contributed by atoms with Gasteiger partial charge in [-0.1, -0.05) is 24.3 Å². The molecule has 1 heteroatoms. The van der Waals surface area contributed by atoms with Crippen molar-refractivity contribution in [2.45, 2.75) is 44.6 Å². The molecule has 0 amide bonds. The van der Waals surface area contributed by atoms with Crippen molar-refractivity contribution in [2.24, 2.45) is 0 Å². The highest BCUT2D eigenvalue weighted by atomic mass is 14.8. The smallest absolute Gasteiger partial charge is 0.00388 e. The molecule has 15 heavy (non-hydrogen) atoms. The van der Waals surface area contributed by atoms with Crippen LogP contribution < -0.4 is 5.32 Å². The largest absolute Gasteiger partial charge is 0.317 e. The van der Waals surface area contributed by atoms with E-state index in [1.54, 1.807) is 5.56 Å². The summed E-state index contributed by atoms with van der Waals surface area (Å²) in [4.78, 5) is 0. The molecular weight excluding hydrogens is 182 g/mol. The summed E-state index contributed by atoms with van der Waals surface area (Å²) < 4.78 is 0. The van der Waals surface area contributed by atoms with Crippen LogP contribution in [0.3, 0.4) is 0 Å². The molecule has 0 heterocycles. The minimum Gasteiger partial charge on any atom is -0.317 e. The number of hydrogen-bond acceptors (Lipinski definition) is 1. The van der Waals surface area contributed by atoms with E-state index in [0.29, 0.717) is 6.04 Å². The van der Waals surface area contributed by atoms with E-state index in [-0.39, 0.29) is 0 Å². The van der Waals surface area contributed by atoms with Crippen molar-refractivity contribution in [2.75, 3.05) is 7.05 Å². The molecule has 0 saturated heterocycles. The van der Waals surface area contributed by atoms with Gasteiger partial charge in [0.1, 0.15) is 0 Å². The maximum atomic E-state index is 3.28. The number of aryl methyl sites for hydroxylation is 1. The van der Waals surface area contributed by atoms with E-state index in [1.165, 1.54) is 31.2 Å². The van der Waals surface area contributed by atoms with Crippen molar-refractivity contribution >= 4 is 0 Å². The fourth-order valence-electron chi connectivity index (χ4n) is 1.95. The molecule has 1 aromatic rings. The van der Waals surface area contributed by atoms with Gasteiger partial charge >= 0.3 is 0 Å². The normalized spacial score (nSPS) is 17.7. The number of nitrogens with one attached hydrogen (secondary N) is 1. The van der Waals surface area contributed by atoms with Crippen LogP contribution in [0, 0.1) is 0 Å². The fraction of sp³-hybridized carbons (Fsp3) is 0.571. The van der Waals surface area contributed by atoms with Crippen molar-refractivity contribution in [1.82, 2.24) is 5.32 Å². The van der Waals surface area contributed by atoms with Crippen LogP contribution in [0.4, 0.5) is 0 Å². The predicted octanol–water partition coefficient (Wildman–Crippen LogP) is 3.10. The average molecular weight is 203 g/mol. The van der Waals surface area contributed by atoms with E-state index in [0.717, 1.165) is 5.92 Å². The van der Waals surface area contributed by atoms with Crippen LogP contribution in [0.2, 0.25) is 0 Å². The third kappa shape index (κ3) is 3.07. The number of benzene rings is 1. The van der Waals surface area contributed by atoms with Crippen LogP contribution in [0.15, 0.2) is 24.3 Å². The zero-order chi connectivity index (χ0) is 10.7. The minimum absolute atomic E-state index is 0.620. The molecule has 1 aliphatic rings. The molecule has 1 fully saturated rings. The lowest BCUT2D eigenvalue weighted by molar-refractivity contribution is 0.565. The lowest BCUT2D eigenvalue weighted by atomic mass is 10.0. The Morgan fingerprint density at radius 2 is 2.20 bits per heavy atom. The van der Waals surface area contributed by atoms with Gasteiger partial charge in [0.2, 0.25) is 0 Å². The van der Waals surface area contributed by atoms with Gasteiger partial charge in [-0.15, -0.1) is 0 Å². The second kappa shape index (κ2) is 4.80. The van der Waals surface area contributed by atoms with Gasteiger partial charge in [0, 0.05) is 6.04 Å². The standard InChI is InChI=1S/C14H21N/c1-11(15-2)6-7-12-4-3-5-14(10-12)13-8-9-13/h3-5,10-11,13,15H,6-9H2,1-2H3.